The summed E-state index contributed by atoms with van der Waals surface area (Å²) >= 11 is 0. The number of aromatic nitrogens is 4. The van der Waals surface area contributed by atoms with E-state index in [9.17, 15) is 0 Å². The first kappa shape index (κ1) is 38.2. The molecule has 0 saturated carbocycles. The van der Waals surface area contributed by atoms with E-state index in [-0.39, 0.29) is 0 Å². The molecule has 0 spiro atoms. The topological polar surface area (TPSA) is 35.6 Å². The van der Waals surface area contributed by atoms with Crippen LogP contribution in [0.5, 0.6) is 0 Å². The SMILES string of the molecule is c1ccc(-c2cc(-c3ccc4c(c3)c3ccccc3n4-c3ccccc3)nc(-c3cc(-c4ccc5c6ccccc6c6ccccc6c5c4)cc(-n4c5ccccc5c5ccccc54)c3)n2)cc1. The fourth-order valence-corrected chi connectivity index (χ4v) is 10.8. The molecule has 68 heavy (non-hydrogen) atoms. The molecule has 0 aliphatic rings. The molecule has 0 bridgehead atoms. The summed E-state index contributed by atoms with van der Waals surface area (Å²) in [7, 11) is 0. The van der Waals surface area contributed by atoms with E-state index in [0.29, 0.717) is 5.82 Å². The molecule has 0 unspecified atom stereocenters. The van der Waals surface area contributed by atoms with Crippen molar-refractivity contribution in [3.05, 3.63) is 243 Å². The van der Waals surface area contributed by atoms with Gasteiger partial charge < -0.3 is 9.13 Å². The number of para-hydroxylation sites is 4. The molecule has 0 aliphatic carbocycles. The third-order valence-electron chi connectivity index (χ3n) is 13.9. The second-order valence-corrected chi connectivity index (χ2v) is 17.7. The highest BCUT2D eigenvalue weighted by atomic mass is 15.0. The van der Waals surface area contributed by atoms with Crippen LogP contribution in [0, 0.1) is 0 Å². The predicted octanol–water partition coefficient (Wildman–Crippen LogP) is 16.8. The number of rotatable bonds is 6. The van der Waals surface area contributed by atoms with Gasteiger partial charge in [-0.15, -0.1) is 0 Å². The minimum absolute atomic E-state index is 0.661. The highest BCUT2D eigenvalue weighted by Crippen LogP contribution is 2.41. The zero-order valence-electron chi connectivity index (χ0n) is 36.9. The smallest absolute Gasteiger partial charge is 0.160 e. The van der Waals surface area contributed by atoms with Gasteiger partial charge in [-0.1, -0.05) is 170 Å². The van der Waals surface area contributed by atoms with Gasteiger partial charge in [-0.2, -0.15) is 0 Å². The van der Waals surface area contributed by atoms with E-state index >= 15 is 0 Å². The van der Waals surface area contributed by atoms with Crippen LogP contribution in [0.2, 0.25) is 0 Å². The largest absolute Gasteiger partial charge is 0.309 e. The minimum Gasteiger partial charge on any atom is -0.309 e. The Hall–Kier alpha value is -9.12. The van der Waals surface area contributed by atoms with Gasteiger partial charge >= 0.3 is 0 Å². The molecule has 0 saturated heterocycles. The average molecular weight is 865 g/mol. The van der Waals surface area contributed by atoms with Gasteiger partial charge in [0.25, 0.3) is 0 Å². The van der Waals surface area contributed by atoms with Gasteiger partial charge in [0, 0.05) is 49.6 Å². The van der Waals surface area contributed by atoms with Crippen LogP contribution in [0.4, 0.5) is 0 Å². The molecule has 0 radical (unpaired) electrons. The molecule has 11 aromatic carbocycles. The zero-order valence-corrected chi connectivity index (χ0v) is 36.9. The Bertz CT molecular complexity index is 4230. The predicted molar refractivity (Wildman–Crippen MR) is 285 cm³/mol. The lowest BCUT2D eigenvalue weighted by Crippen LogP contribution is -1.99. The Labute approximate surface area is 392 Å². The van der Waals surface area contributed by atoms with Crippen molar-refractivity contribution < 1.29 is 0 Å². The molecule has 0 atom stereocenters. The second-order valence-electron chi connectivity index (χ2n) is 17.7. The summed E-state index contributed by atoms with van der Waals surface area (Å²) < 4.78 is 4.76. The molecule has 4 nitrogen and oxygen atoms in total. The molecule has 0 fully saturated rings. The molecule has 3 aromatic heterocycles. The molecule has 4 heteroatoms. The van der Waals surface area contributed by atoms with E-state index in [1.165, 1.54) is 59.4 Å². The molecule has 14 aromatic rings. The van der Waals surface area contributed by atoms with Crippen LogP contribution in [-0.4, -0.2) is 19.1 Å². The van der Waals surface area contributed by atoms with E-state index in [4.69, 9.17) is 9.97 Å². The van der Waals surface area contributed by atoms with Crippen LogP contribution in [0.1, 0.15) is 0 Å². The van der Waals surface area contributed by atoms with Gasteiger partial charge in [-0.25, -0.2) is 9.97 Å². The maximum atomic E-state index is 5.53. The van der Waals surface area contributed by atoms with Gasteiger partial charge in [-0.3, -0.25) is 0 Å². The summed E-state index contributed by atoms with van der Waals surface area (Å²) in [4.78, 5) is 11.0. The van der Waals surface area contributed by atoms with Gasteiger partial charge in [0.1, 0.15) is 0 Å². The minimum atomic E-state index is 0.661. The van der Waals surface area contributed by atoms with Gasteiger partial charge in [-0.05, 0) is 116 Å². The lowest BCUT2D eigenvalue weighted by atomic mass is 9.91. The van der Waals surface area contributed by atoms with Crippen LogP contribution in [0.3, 0.4) is 0 Å². The Morgan fingerprint density at radius 2 is 0.647 bits per heavy atom. The summed E-state index contributed by atoms with van der Waals surface area (Å²) in [6.45, 7) is 0. The van der Waals surface area contributed by atoms with Gasteiger partial charge in [0.15, 0.2) is 5.82 Å². The average Bonchev–Trinajstić information content (AvgIpc) is 3.94. The van der Waals surface area contributed by atoms with E-state index in [1.54, 1.807) is 0 Å². The van der Waals surface area contributed by atoms with Gasteiger partial charge in [0.2, 0.25) is 0 Å². The van der Waals surface area contributed by atoms with Crippen molar-refractivity contribution in [2.75, 3.05) is 0 Å². The molecule has 3 heterocycles. The fraction of sp³-hybridized carbons (Fsp3) is 0. The van der Waals surface area contributed by atoms with Gasteiger partial charge in [0.05, 0.1) is 33.5 Å². The van der Waals surface area contributed by atoms with Crippen LogP contribution in [0.25, 0.3) is 132 Å². The number of hydrogen-bond donors (Lipinski definition) is 0. The molecule has 0 aliphatic heterocycles. The number of hydrogen-bond acceptors (Lipinski definition) is 2. The molecule has 14 rings (SSSR count). The third kappa shape index (κ3) is 6.01. The number of nitrogens with zero attached hydrogens (tertiary/aromatic N) is 4. The Morgan fingerprint density at radius 1 is 0.221 bits per heavy atom. The van der Waals surface area contributed by atoms with E-state index < -0.39 is 0 Å². The summed E-state index contributed by atoms with van der Waals surface area (Å²) in [6, 6.07) is 87.6. The van der Waals surface area contributed by atoms with Crippen molar-refractivity contribution in [3.63, 3.8) is 0 Å². The number of benzene rings is 11. The van der Waals surface area contributed by atoms with Crippen molar-refractivity contribution in [3.8, 4) is 56.4 Å². The molecule has 0 amide bonds. The van der Waals surface area contributed by atoms with Crippen LogP contribution in [0.15, 0.2) is 243 Å². The monoisotopic (exact) mass is 864 g/mol. The highest BCUT2D eigenvalue weighted by Gasteiger charge is 2.19. The number of fused-ring (bicyclic) bond motifs is 12. The van der Waals surface area contributed by atoms with E-state index in [0.717, 1.165) is 67.1 Å². The Kier molecular flexibility index (Phi) is 8.55. The van der Waals surface area contributed by atoms with E-state index in [2.05, 4.69) is 252 Å². The van der Waals surface area contributed by atoms with Crippen molar-refractivity contribution in [1.82, 2.24) is 19.1 Å². The van der Waals surface area contributed by atoms with Crippen LogP contribution >= 0.6 is 0 Å². The molecule has 316 valence electrons. The fourth-order valence-electron chi connectivity index (χ4n) is 10.8. The normalized spacial score (nSPS) is 11.8. The quantitative estimate of drug-likeness (QED) is 0.156. The van der Waals surface area contributed by atoms with Crippen molar-refractivity contribution in [2.45, 2.75) is 0 Å². The van der Waals surface area contributed by atoms with Crippen molar-refractivity contribution in [1.29, 1.82) is 0 Å². The standard InChI is InChI=1S/C64H40N4/c1-3-17-41(18-4-1)58-40-59(43-32-34-63-57(39-43)55-27-13-16-30-62(55)67(63)46-19-5-2-6-20-46)66-64(65-58)45-35-44(36-47(37-45)68-60-28-14-11-25-53(60)54-26-12-15-29-61(54)68)42-31-33-52-50-23-8-7-21-48(50)49-22-9-10-24-51(49)56(52)38-42/h1-40H. The van der Waals surface area contributed by atoms with E-state index in [1.807, 2.05) is 0 Å². The van der Waals surface area contributed by atoms with Crippen molar-refractivity contribution >= 4 is 75.9 Å². The Balaban J connectivity index is 1.03. The van der Waals surface area contributed by atoms with Crippen LogP contribution in [-0.2, 0) is 0 Å². The zero-order chi connectivity index (χ0) is 44.7. The van der Waals surface area contributed by atoms with Crippen molar-refractivity contribution in [2.24, 2.45) is 0 Å². The lowest BCUT2D eigenvalue weighted by Gasteiger charge is -2.16. The Morgan fingerprint density at radius 3 is 1.26 bits per heavy atom. The molecular formula is C64H40N4. The van der Waals surface area contributed by atoms with Crippen LogP contribution < -0.4 is 0 Å². The summed E-state index contributed by atoms with van der Waals surface area (Å²) in [5.41, 5.74) is 13.7. The molecule has 0 N–H and O–H groups in total. The highest BCUT2D eigenvalue weighted by molar-refractivity contribution is 6.26. The second kappa shape index (κ2) is 15.2. The lowest BCUT2D eigenvalue weighted by molar-refractivity contribution is 1.16. The molecular weight excluding hydrogens is 825 g/mol. The first-order valence-electron chi connectivity index (χ1n) is 23.2. The first-order valence-corrected chi connectivity index (χ1v) is 23.2. The maximum Gasteiger partial charge on any atom is 0.160 e. The summed E-state index contributed by atoms with van der Waals surface area (Å²) in [5, 5.41) is 12.3. The third-order valence-corrected chi connectivity index (χ3v) is 13.9. The maximum absolute atomic E-state index is 5.53. The summed E-state index contributed by atoms with van der Waals surface area (Å²) in [5.74, 6) is 0.661. The summed E-state index contributed by atoms with van der Waals surface area (Å²) in [6.07, 6.45) is 0. The first-order chi connectivity index (χ1) is 33.7.